The molecular formula is C14H23N5S. The van der Waals surface area contributed by atoms with Crippen molar-refractivity contribution >= 4 is 11.3 Å². The molecule has 1 unspecified atom stereocenters. The first kappa shape index (κ1) is 15.1. The molecule has 2 rings (SSSR count). The van der Waals surface area contributed by atoms with E-state index in [1.165, 1.54) is 15.3 Å². The van der Waals surface area contributed by atoms with E-state index < -0.39 is 0 Å². The van der Waals surface area contributed by atoms with Gasteiger partial charge in [-0.1, -0.05) is 13.8 Å². The van der Waals surface area contributed by atoms with Crippen LogP contribution in [0, 0.1) is 19.8 Å². The summed E-state index contributed by atoms with van der Waals surface area (Å²) in [5.74, 6) is 1.51. The molecule has 0 spiro atoms. The summed E-state index contributed by atoms with van der Waals surface area (Å²) in [6.07, 6.45) is 0. The van der Waals surface area contributed by atoms with Gasteiger partial charge >= 0.3 is 0 Å². The van der Waals surface area contributed by atoms with Gasteiger partial charge in [-0.2, -0.15) is 0 Å². The summed E-state index contributed by atoms with van der Waals surface area (Å²) in [4.78, 5) is 2.66. The quantitative estimate of drug-likeness (QED) is 0.889. The molecule has 2 heterocycles. The van der Waals surface area contributed by atoms with Gasteiger partial charge in [-0.25, -0.2) is 4.68 Å². The Morgan fingerprint density at radius 2 is 2.05 bits per heavy atom. The van der Waals surface area contributed by atoms with E-state index in [1.807, 2.05) is 16.0 Å². The third kappa shape index (κ3) is 3.64. The molecule has 0 aliphatic heterocycles. The maximum absolute atomic E-state index is 4.16. The summed E-state index contributed by atoms with van der Waals surface area (Å²) in [7, 11) is 0. The maximum atomic E-state index is 4.16. The summed E-state index contributed by atoms with van der Waals surface area (Å²) in [6, 6.07) is 2.38. The number of thiophene rings is 1. The van der Waals surface area contributed by atoms with Crippen molar-refractivity contribution in [2.45, 2.75) is 47.2 Å². The standard InChI is InChI=1S/C14H23N5S/c1-9(2)7-15-11(4)14-16-17-18-19(14)8-13-6-10(3)12(5)20-13/h6,9,11,15H,7-8H2,1-5H3. The Labute approximate surface area is 124 Å². The number of aromatic nitrogens is 4. The summed E-state index contributed by atoms with van der Waals surface area (Å²) < 4.78 is 1.89. The molecule has 2 aromatic rings. The normalized spacial score (nSPS) is 13.1. The highest BCUT2D eigenvalue weighted by Gasteiger charge is 2.15. The van der Waals surface area contributed by atoms with Gasteiger partial charge in [0.2, 0.25) is 0 Å². The first-order valence-electron chi connectivity index (χ1n) is 7.02. The highest BCUT2D eigenvalue weighted by atomic mass is 32.1. The molecule has 1 N–H and O–H groups in total. The van der Waals surface area contributed by atoms with Gasteiger partial charge in [0.1, 0.15) is 0 Å². The lowest BCUT2D eigenvalue weighted by atomic mass is 10.2. The van der Waals surface area contributed by atoms with Crippen LogP contribution in [0.4, 0.5) is 0 Å². The lowest BCUT2D eigenvalue weighted by molar-refractivity contribution is 0.462. The average Bonchev–Trinajstić information content (AvgIpc) is 2.95. The predicted molar refractivity (Wildman–Crippen MR) is 82.0 cm³/mol. The predicted octanol–water partition coefficient (Wildman–Crippen LogP) is 2.71. The van der Waals surface area contributed by atoms with E-state index >= 15 is 0 Å². The van der Waals surface area contributed by atoms with Crippen LogP contribution in [0.3, 0.4) is 0 Å². The molecule has 0 saturated carbocycles. The van der Waals surface area contributed by atoms with Crippen LogP contribution >= 0.6 is 11.3 Å². The maximum Gasteiger partial charge on any atom is 0.168 e. The number of nitrogens with zero attached hydrogens (tertiary/aromatic N) is 4. The Morgan fingerprint density at radius 1 is 1.30 bits per heavy atom. The smallest absolute Gasteiger partial charge is 0.168 e. The number of nitrogens with one attached hydrogen (secondary N) is 1. The molecule has 1 atom stereocenters. The van der Waals surface area contributed by atoms with Crippen molar-refractivity contribution in [2.24, 2.45) is 5.92 Å². The average molecular weight is 293 g/mol. The minimum Gasteiger partial charge on any atom is -0.307 e. The molecule has 0 bridgehead atoms. The van der Waals surface area contributed by atoms with E-state index in [-0.39, 0.29) is 6.04 Å². The molecule has 0 amide bonds. The van der Waals surface area contributed by atoms with E-state index in [1.54, 1.807) is 0 Å². The molecular weight excluding hydrogens is 270 g/mol. The SMILES string of the molecule is Cc1cc(Cn2nnnc2C(C)NCC(C)C)sc1C. The number of rotatable bonds is 6. The molecule has 0 aromatic carbocycles. The summed E-state index contributed by atoms with van der Waals surface area (Å²) in [5, 5.41) is 15.6. The van der Waals surface area contributed by atoms with Crippen molar-refractivity contribution < 1.29 is 0 Å². The molecule has 20 heavy (non-hydrogen) atoms. The van der Waals surface area contributed by atoms with E-state index in [2.05, 4.69) is 61.5 Å². The molecule has 110 valence electrons. The minimum atomic E-state index is 0.162. The monoisotopic (exact) mass is 293 g/mol. The second kappa shape index (κ2) is 6.45. The van der Waals surface area contributed by atoms with Crippen LogP contribution in [-0.2, 0) is 6.54 Å². The second-order valence-corrected chi connectivity index (χ2v) is 7.01. The van der Waals surface area contributed by atoms with Gasteiger partial charge in [-0.05, 0) is 55.3 Å². The Bertz CT molecular complexity index is 538. The van der Waals surface area contributed by atoms with E-state index in [4.69, 9.17) is 0 Å². The van der Waals surface area contributed by atoms with Crippen LogP contribution in [0.15, 0.2) is 6.07 Å². The van der Waals surface area contributed by atoms with Crippen LogP contribution < -0.4 is 5.32 Å². The fraction of sp³-hybridized carbons (Fsp3) is 0.643. The van der Waals surface area contributed by atoms with Gasteiger partial charge in [0, 0.05) is 9.75 Å². The third-order valence-electron chi connectivity index (χ3n) is 3.30. The van der Waals surface area contributed by atoms with Crippen molar-refractivity contribution in [3.05, 3.63) is 27.2 Å². The van der Waals surface area contributed by atoms with Crippen molar-refractivity contribution in [3.63, 3.8) is 0 Å². The van der Waals surface area contributed by atoms with Crippen LogP contribution in [0.1, 0.15) is 48.0 Å². The van der Waals surface area contributed by atoms with Crippen LogP contribution in [0.5, 0.6) is 0 Å². The largest absolute Gasteiger partial charge is 0.307 e. The molecule has 0 aliphatic carbocycles. The van der Waals surface area contributed by atoms with E-state index in [0.717, 1.165) is 18.9 Å². The molecule has 6 heteroatoms. The zero-order valence-electron chi connectivity index (χ0n) is 12.8. The third-order valence-corrected chi connectivity index (χ3v) is 4.44. The number of tetrazole rings is 1. The molecule has 5 nitrogen and oxygen atoms in total. The lowest BCUT2D eigenvalue weighted by Gasteiger charge is -2.14. The van der Waals surface area contributed by atoms with Crippen molar-refractivity contribution in [1.29, 1.82) is 0 Å². The zero-order chi connectivity index (χ0) is 14.7. The van der Waals surface area contributed by atoms with Crippen molar-refractivity contribution in [3.8, 4) is 0 Å². The van der Waals surface area contributed by atoms with E-state index in [0.29, 0.717) is 5.92 Å². The number of aryl methyl sites for hydroxylation is 2. The van der Waals surface area contributed by atoms with Gasteiger partial charge in [-0.15, -0.1) is 16.4 Å². The summed E-state index contributed by atoms with van der Waals surface area (Å²) in [6.45, 7) is 12.5. The molecule has 0 aliphatic rings. The van der Waals surface area contributed by atoms with Crippen LogP contribution in [-0.4, -0.2) is 26.8 Å². The van der Waals surface area contributed by atoms with Crippen LogP contribution in [0.25, 0.3) is 0 Å². The van der Waals surface area contributed by atoms with Gasteiger partial charge in [0.05, 0.1) is 12.6 Å². The van der Waals surface area contributed by atoms with Gasteiger partial charge in [-0.3, -0.25) is 0 Å². The van der Waals surface area contributed by atoms with Gasteiger partial charge in [0.25, 0.3) is 0 Å². The Kier molecular flexibility index (Phi) is 4.88. The first-order valence-corrected chi connectivity index (χ1v) is 7.84. The van der Waals surface area contributed by atoms with Gasteiger partial charge < -0.3 is 5.32 Å². The zero-order valence-corrected chi connectivity index (χ0v) is 13.7. The van der Waals surface area contributed by atoms with Crippen molar-refractivity contribution in [2.75, 3.05) is 6.54 Å². The molecule has 2 aromatic heterocycles. The first-order chi connectivity index (χ1) is 9.47. The highest BCUT2D eigenvalue weighted by Crippen LogP contribution is 2.22. The summed E-state index contributed by atoms with van der Waals surface area (Å²) in [5.41, 5.74) is 1.34. The fourth-order valence-electron chi connectivity index (χ4n) is 2.01. The molecule has 0 saturated heterocycles. The summed E-state index contributed by atoms with van der Waals surface area (Å²) >= 11 is 1.81. The fourth-order valence-corrected chi connectivity index (χ4v) is 3.05. The van der Waals surface area contributed by atoms with Gasteiger partial charge in [0.15, 0.2) is 5.82 Å². The molecule has 0 radical (unpaired) electrons. The second-order valence-electron chi connectivity index (χ2n) is 5.67. The molecule has 0 fully saturated rings. The minimum absolute atomic E-state index is 0.162. The lowest BCUT2D eigenvalue weighted by Crippen LogP contribution is -2.26. The topological polar surface area (TPSA) is 55.6 Å². The number of hydrogen-bond donors (Lipinski definition) is 1. The van der Waals surface area contributed by atoms with Crippen LogP contribution in [0.2, 0.25) is 0 Å². The Morgan fingerprint density at radius 3 is 2.65 bits per heavy atom. The van der Waals surface area contributed by atoms with Crippen molar-refractivity contribution in [1.82, 2.24) is 25.5 Å². The van der Waals surface area contributed by atoms with E-state index in [9.17, 15) is 0 Å². The number of hydrogen-bond acceptors (Lipinski definition) is 5. The highest BCUT2D eigenvalue weighted by molar-refractivity contribution is 7.12. The Hall–Kier alpha value is -1.27. The Balaban J connectivity index is 2.08.